The van der Waals surface area contributed by atoms with Gasteiger partial charge in [0.15, 0.2) is 0 Å². The van der Waals surface area contributed by atoms with Crippen LogP contribution in [-0.4, -0.2) is 52.1 Å². The monoisotopic (exact) mass is 460 g/mol. The fourth-order valence-electron chi connectivity index (χ4n) is 4.87. The summed E-state index contributed by atoms with van der Waals surface area (Å²) in [5.74, 6) is 1.24. The van der Waals surface area contributed by atoms with E-state index in [4.69, 9.17) is 14.0 Å². The number of fused-ring (bicyclic) bond motifs is 2. The van der Waals surface area contributed by atoms with E-state index in [2.05, 4.69) is 16.2 Å². The van der Waals surface area contributed by atoms with Crippen LogP contribution in [0.15, 0.2) is 40.9 Å². The van der Waals surface area contributed by atoms with Crippen molar-refractivity contribution in [2.24, 2.45) is 0 Å². The third-order valence-electron chi connectivity index (χ3n) is 6.34. The summed E-state index contributed by atoms with van der Waals surface area (Å²) in [4.78, 5) is 18.5. The van der Waals surface area contributed by atoms with E-state index in [1.165, 1.54) is 0 Å². The predicted molar refractivity (Wildman–Crippen MR) is 121 cm³/mol. The molecule has 2 aliphatic rings. The Labute approximate surface area is 196 Å². The average molecular weight is 460 g/mol. The van der Waals surface area contributed by atoms with Crippen LogP contribution in [-0.2, 0) is 16.7 Å². The van der Waals surface area contributed by atoms with Crippen LogP contribution in [0.4, 0.5) is 4.79 Å². The standard InChI is InChI=1S/C25H24N4O5/c1-15(2)33-21-7-6-16(12-17(21)13-26)23-27-22(28-34-23)19-4-3-5-20-18(19)8-9-25(20)14-32-24(31)29(25)10-11-30/h3-7,12,15,30H,8-11,14H2,1-2H3/t25-/m0/s1. The molecule has 1 fully saturated rings. The van der Waals surface area contributed by atoms with Crippen molar-refractivity contribution in [3.8, 4) is 34.7 Å². The molecule has 9 nitrogen and oxygen atoms in total. The maximum absolute atomic E-state index is 12.3. The Morgan fingerprint density at radius 2 is 2.18 bits per heavy atom. The zero-order chi connectivity index (χ0) is 23.9. The number of β-amino-alcohol motifs (C(OH)–C–C–N with tert-alkyl or cyclic N) is 1. The minimum Gasteiger partial charge on any atom is -0.490 e. The first-order chi connectivity index (χ1) is 16.5. The van der Waals surface area contributed by atoms with Gasteiger partial charge in [-0.1, -0.05) is 23.4 Å². The van der Waals surface area contributed by atoms with Gasteiger partial charge in [0.1, 0.15) is 24.0 Å². The number of ether oxygens (including phenoxy) is 2. The van der Waals surface area contributed by atoms with Crippen LogP contribution >= 0.6 is 0 Å². The highest BCUT2D eigenvalue weighted by Gasteiger charge is 2.52. The van der Waals surface area contributed by atoms with Crippen LogP contribution in [0, 0.1) is 11.3 Å². The van der Waals surface area contributed by atoms with Gasteiger partial charge < -0.3 is 19.1 Å². The fraction of sp³-hybridized carbons (Fsp3) is 0.360. The lowest BCUT2D eigenvalue weighted by Gasteiger charge is -2.32. The number of hydrogen-bond donors (Lipinski definition) is 1. The molecule has 5 rings (SSSR count). The summed E-state index contributed by atoms with van der Waals surface area (Å²) in [5.41, 5.74) is 3.27. The van der Waals surface area contributed by atoms with Gasteiger partial charge >= 0.3 is 6.09 Å². The van der Waals surface area contributed by atoms with Gasteiger partial charge in [-0.25, -0.2) is 4.79 Å². The molecule has 1 saturated heterocycles. The number of nitrogens with zero attached hydrogens (tertiary/aromatic N) is 4. The molecule has 0 unspecified atom stereocenters. The van der Waals surface area contributed by atoms with Crippen LogP contribution in [0.5, 0.6) is 5.75 Å². The third kappa shape index (κ3) is 3.47. The second-order valence-electron chi connectivity index (χ2n) is 8.71. The summed E-state index contributed by atoms with van der Waals surface area (Å²) in [6.45, 7) is 4.14. The summed E-state index contributed by atoms with van der Waals surface area (Å²) < 4.78 is 16.6. The van der Waals surface area contributed by atoms with Crippen molar-refractivity contribution in [3.63, 3.8) is 0 Å². The van der Waals surface area contributed by atoms with Crippen LogP contribution in [0.1, 0.15) is 37.0 Å². The molecule has 1 aromatic heterocycles. The van der Waals surface area contributed by atoms with Crippen molar-refractivity contribution >= 4 is 6.09 Å². The highest BCUT2D eigenvalue weighted by atomic mass is 16.6. The molecule has 1 amide bonds. The molecular formula is C25H24N4O5. The number of aliphatic hydroxyl groups excluding tert-OH is 1. The number of carbonyl (C=O) groups is 1. The third-order valence-corrected chi connectivity index (χ3v) is 6.34. The van der Waals surface area contributed by atoms with Crippen molar-refractivity contribution in [1.29, 1.82) is 5.26 Å². The van der Waals surface area contributed by atoms with Gasteiger partial charge in [-0.3, -0.25) is 4.90 Å². The number of rotatable bonds is 6. The molecule has 1 N–H and O–H groups in total. The molecule has 9 heteroatoms. The first kappa shape index (κ1) is 21.9. The molecule has 34 heavy (non-hydrogen) atoms. The Bertz CT molecular complexity index is 1290. The zero-order valence-corrected chi connectivity index (χ0v) is 18.9. The molecule has 0 bridgehead atoms. The van der Waals surface area contributed by atoms with E-state index in [9.17, 15) is 15.2 Å². The van der Waals surface area contributed by atoms with Gasteiger partial charge in [-0.15, -0.1) is 0 Å². The maximum atomic E-state index is 12.3. The minimum atomic E-state index is -0.592. The molecule has 1 aliphatic heterocycles. The van der Waals surface area contributed by atoms with Crippen LogP contribution in [0.25, 0.3) is 22.8 Å². The van der Waals surface area contributed by atoms with Crippen LogP contribution in [0.2, 0.25) is 0 Å². The molecule has 1 atom stereocenters. The number of benzene rings is 2. The lowest BCUT2D eigenvalue weighted by molar-refractivity contribution is 0.128. The van der Waals surface area contributed by atoms with Crippen molar-refractivity contribution in [3.05, 3.63) is 53.1 Å². The first-order valence-electron chi connectivity index (χ1n) is 11.2. The predicted octanol–water partition coefficient (Wildman–Crippen LogP) is 3.65. The largest absolute Gasteiger partial charge is 0.490 e. The van der Waals surface area contributed by atoms with Gasteiger partial charge in [0.2, 0.25) is 5.82 Å². The Hall–Kier alpha value is -3.90. The normalized spacial score (nSPS) is 18.9. The van der Waals surface area contributed by atoms with E-state index < -0.39 is 11.6 Å². The average Bonchev–Trinajstić information content (AvgIpc) is 3.54. The van der Waals surface area contributed by atoms with Crippen molar-refractivity contribution in [2.75, 3.05) is 19.8 Å². The smallest absolute Gasteiger partial charge is 0.410 e. The lowest BCUT2D eigenvalue weighted by atomic mass is 9.90. The van der Waals surface area contributed by atoms with E-state index in [0.29, 0.717) is 41.4 Å². The second kappa shape index (κ2) is 8.47. The fourth-order valence-corrected chi connectivity index (χ4v) is 4.87. The van der Waals surface area contributed by atoms with E-state index >= 15 is 0 Å². The van der Waals surface area contributed by atoms with Gasteiger partial charge in [0.05, 0.1) is 18.3 Å². The molecule has 2 heterocycles. The Morgan fingerprint density at radius 1 is 1.32 bits per heavy atom. The van der Waals surface area contributed by atoms with E-state index in [1.54, 1.807) is 23.1 Å². The van der Waals surface area contributed by atoms with Crippen LogP contribution in [0.3, 0.4) is 0 Å². The maximum Gasteiger partial charge on any atom is 0.410 e. The number of hydrogen-bond acceptors (Lipinski definition) is 8. The SMILES string of the molecule is CC(C)Oc1ccc(-c2nc(-c3cccc4c3CC[C@]43COC(=O)N3CCO)no2)cc1C#N. The lowest BCUT2D eigenvalue weighted by Crippen LogP contribution is -2.44. The number of cyclic esters (lactones) is 1. The quantitative estimate of drug-likeness (QED) is 0.592. The molecule has 0 radical (unpaired) electrons. The first-order valence-corrected chi connectivity index (χ1v) is 11.2. The Kier molecular flexibility index (Phi) is 5.46. The van der Waals surface area contributed by atoms with Gasteiger partial charge in [-0.2, -0.15) is 10.2 Å². The highest BCUT2D eigenvalue weighted by Crippen LogP contribution is 2.47. The number of nitriles is 1. The summed E-state index contributed by atoms with van der Waals surface area (Å²) in [7, 11) is 0. The zero-order valence-electron chi connectivity index (χ0n) is 18.9. The summed E-state index contributed by atoms with van der Waals surface area (Å²) >= 11 is 0. The van der Waals surface area contributed by atoms with Crippen molar-refractivity contribution in [1.82, 2.24) is 15.0 Å². The number of aliphatic hydroxyl groups is 1. The number of amides is 1. The Morgan fingerprint density at radius 3 is 2.94 bits per heavy atom. The molecule has 174 valence electrons. The van der Waals surface area contributed by atoms with Gasteiger partial charge in [0.25, 0.3) is 5.89 Å². The molecule has 1 aliphatic carbocycles. The second-order valence-corrected chi connectivity index (χ2v) is 8.71. The molecule has 2 aromatic carbocycles. The number of carbonyl (C=O) groups excluding carboxylic acids is 1. The van der Waals surface area contributed by atoms with Gasteiger partial charge in [0, 0.05) is 17.7 Å². The molecular weight excluding hydrogens is 436 g/mol. The van der Waals surface area contributed by atoms with Gasteiger partial charge in [-0.05, 0) is 56.0 Å². The number of aromatic nitrogens is 2. The minimum absolute atomic E-state index is 0.0507. The summed E-state index contributed by atoms with van der Waals surface area (Å²) in [6.07, 6.45) is 0.949. The topological polar surface area (TPSA) is 122 Å². The van der Waals surface area contributed by atoms with E-state index in [0.717, 1.165) is 16.7 Å². The molecule has 1 spiro atoms. The van der Waals surface area contributed by atoms with E-state index in [1.807, 2.05) is 32.0 Å². The van der Waals surface area contributed by atoms with Crippen LogP contribution < -0.4 is 4.74 Å². The summed E-state index contributed by atoms with van der Waals surface area (Å²) in [6, 6.07) is 13.2. The highest BCUT2D eigenvalue weighted by molar-refractivity contribution is 5.74. The summed E-state index contributed by atoms with van der Waals surface area (Å²) in [5, 5.41) is 23.2. The van der Waals surface area contributed by atoms with E-state index in [-0.39, 0.29) is 25.9 Å². The van der Waals surface area contributed by atoms with Crippen molar-refractivity contribution in [2.45, 2.75) is 38.3 Å². The van der Waals surface area contributed by atoms with Crippen molar-refractivity contribution < 1.29 is 23.9 Å². The molecule has 0 saturated carbocycles. The Balaban J connectivity index is 1.50. The molecule has 3 aromatic rings.